The van der Waals surface area contributed by atoms with Crippen LogP contribution < -0.4 is 10.1 Å². The first-order valence-corrected chi connectivity index (χ1v) is 8.84. The normalized spacial score (nSPS) is 16.9. The molecule has 2 amide bonds. The van der Waals surface area contributed by atoms with Crippen LogP contribution in [0.25, 0.3) is 0 Å². The van der Waals surface area contributed by atoms with Crippen LogP contribution in [0.2, 0.25) is 0 Å². The molecule has 1 aliphatic rings. The molecular weight excluding hydrogens is 318 g/mol. The highest BCUT2D eigenvalue weighted by Gasteiger charge is 2.32. The van der Waals surface area contributed by atoms with E-state index in [-0.39, 0.29) is 12.1 Å². The largest absolute Gasteiger partial charge is 0.497 e. The Hall–Kier alpha value is -2.50. The fourth-order valence-corrected chi connectivity index (χ4v) is 3.23. The van der Waals surface area contributed by atoms with Crippen LogP contribution in [0.15, 0.2) is 34.9 Å². The van der Waals surface area contributed by atoms with Gasteiger partial charge in [-0.3, -0.25) is 0 Å². The van der Waals surface area contributed by atoms with Gasteiger partial charge in [0.1, 0.15) is 17.2 Å². The van der Waals surface area contributed by atoms with Gasteiger partial charge < -0.3 is 19.5 Å². The number of nitrogens with zero attached hydrogens (tertiary/aromatic N) is 2. The van der Waals surface area contributed by atoms with Crippen LogP contribution in [0.3, 0.4) is 0 Å². The van der Waals surface area contributed by atoms with E-state index in [0.29, 0.717) is 6.54 Å². The van der Waals surface area contributed by atoms with Crippen molar-refractivity contribution in [1.82, 2.24) is 15.4 Å². The predicted octanol–water partition coefficient (Wildman–Crippen LogP) is 3.68. The average Bonchev–Trinajstić information content (AvgIpc) is 3.29. The van der Waals surface area contributed by atoms with E-state index in [1.165, 1.54) is 0 Å². The number of carbonyl (C=O) groups is 1. The summed E-state index contributed by atoms with van der Waals surface area (Å²) in [5.41, 5.74) is 1.87. The number of amides is 2. The minimum atomic E-state index is -0.0645. The fraction of sp³-hybridized carbons (Fsp3) is 0.474. The number of nitrogens with one attached hydrogen (secondary N) is 1. The summed E-state index contributed by atoms with van der Waals surface area (Å²) in [6, 6.07) is 9.63. The van der Waals surface area contributed by atoms with E-state index in [2.05, 4.69) is 17.4 Å². The number of carbonyl (C=O) groups excluding carboxylic acids is 1. The van der Waals surface area contributed by atoms with Crippen LogP contribution in [0, 0.1) is 0 Å². The Morgan fingerprint density at radius 1 is 1.44 bits per heavy atom. The molecule has 1 unspecified atom stereocenters. The Bertz CT molecular complexity index is 713. The lowest BCUT2D eigenvalue weighted by atomic mass is 10.1. The van der Waals surface area contributed by atoms with E-state index in [4.69, 9.17) is 9.26 Å². The van der Waals surface area contributed by atoms with Crippen molar-refractivity contribution in [3.05, 3.63) is 47.3 Å². The monoisotopic (exact) mass is 343 g/mol. The van der Waals surface area contributed by atoms with Crippen molar-refractivity contribution in [3.63, 3.8) is 0 Å². The summed E-state index contributed by atoms with van der Waals surface area (Å²) < 4.78 is 10.6. The number of hydrogen-bond acceptors (Lipinski definition) is 4. The fourth-order valence-electron chi connectivity index (χ4n) is 3.23. The lowest BCUT2D eigenvalue weighted by Gasteiger charge is -2.23. The Morgan fingerprint density at radius 2 is 2.32 bits per heavy atom. The van der Waals surface area contributed by atoms with Crippen molar-refractivity contribution < 1.29 is 14.1 Å². The number of ether oxygens (including phenoxy) is 1. The summed E-state index contributed by atoms with van der Waals surface area (Å²) in [4.78, 5) is 14.5. The number of likely N-dealkylation sites (tertiary alicyclic amines) is 1. The average molecular weight is 343 g/mol. The molecule has 0 bridgehead atoms. The number of hydrogen-bond donors (Lipinski definition) is 1. The quantitative estimate of drug-likeness (QED) is 0.869. The molecule has 1 aromatic heterocycles. The van der Waals surface area contributed by atoms with Crippen molar-refractivity contribution in [2.24, 2.45) is 0 Å². The zero-order chi connectivity index (χ0) is 17.6. The first-order chi connectivity index (χ1) is 12.2. The van der Waals surface area contributed by atoms with Gasteiger partial charge in [-0.1, -0.05) is 24.2 Å². The van der Waals surface area contributed by atoms with Crippen molar-refractivity contribution in [2.45, 2.75) is 45.2 Å². The van der Waals surface area contributed by atoms with Crippen LogP contribution in [-0.2, 0) is 13.0 Å². The number of benzene rings is 1. The summed E-state index contributed by atoms with van der Waals surface area (Å²) in [5, 5.41) is 7.17. The van der Waals surface area contributed by atoms with Crippen LogP contribution in [0.1, 0.15) is 49.2 Å². The van der Waals surface area contributed by atoms with Gasteiger partial charge in [-0.2, -0.15) is 0 Å². The van der Waals surface area contributed by atoms with E-state index < -0.39 is 0 Å². The summed E-state index contributed by atoms with van der Waals surface area (Å²) in [7, 11) is 1.64. The van der Waals surface area contributed by atoms with Gasteiger partial charge in [0, 0.05) is 25.6 Å². The SMILES string of the molecule is CCCc1cc(C2CCCN2C(=O)NCc2cccc(OC)c2)no1. The maximum Gasteiger partial charge on any atom is 0.318 e. The second-order valence-electron chi connectivity index (χ2n) is 6.33. The third-order valence-electron chi connectivity index (χ3n) is 4.51. The standard InChI is InChI=1S/C19H25N3O3/c1-3-6-16-12-17(21-25-16)18-9-5-10-22(18)19(23)20-13-14-7-4-8-15(11-14)24-2/h4,7-8,11-12,18H,3,5-6,9-10,13H2,1-2H3,(H,20,23). The maximum absolute atomic E-state index is 12.6. The van der Waals surface area contributed by atoms with Crippen molar-refractivity contribution >= 4 is 6.03 Å². The molecule has 0 aliphatic carbocycles. The van der Waals surface area contributed by atoms with Gasteiger partial charge in [0.05, 0.1) is 13.2 Å². The zero-order valence-corrected chi connectivity index (χ0v) is 14.8. The molecular formula is C19H25N3O3. The van der Waals surface area contributed by atoms with Gasteiger partial charge in [0.25, 0.3) is 0 Å². The first kappa shape index (κ1) is 17.3. The van der Waals surface area contributed by atoms with Crippen LogP contribution in [0.5, 0.6) is 5.75 Å². The number of urea groups is 1. The highest BCUT2D eigenvalue weighted by molar-refractivity contribution is 5.75. The molecule has 2 heterocycles. The Morgan fingerprint density at radius 3 is 3.12 bits per heavy atom. The van der Waals surface area contributed by atoms with Crippen LogP contribution in [0.4, 0.5) is 4.79 Å². The molecule has 2 aromatic rings. The molecule has 6 heteroatoms. The number of methoxy groups -OCH3 is 1. The Balaban J connectivity index is 1.61. The lowest BCUT2D eigenvalue weighted by Crippen LogP contribution is -2.39. The summed E-state index contributed by atoms with van der Waals surface area (Å²) in [6.45, 7) is 3.32. The third-order valence-corrected chi connectivity index (χ3v) is 4.51. The van der Waals surface area contributed by atoms with Crippen molar-refractivity contribution in [2.75, 3.05) is 13.7 Å². The van der Waals surface area contributed by atoms with E-state index in [0.717, 1.165) is 55.0 Å². The van der Waals surface area contributed by atoms with Crippen molar-refractivity contribution in [1.29, 1.82) is 0 Å². The van der Waals surface area contributed by atoms with Gasteiger partial charge >= 0.3 is 6.03 Å². The number of aryl methyl sites for hydroxylation is 1. The molecule has 1 atom stereocenters. The van der Waals surface area contributed by atoms with Crippen LogP contribution >= 0.6 is 0 Å². The topological polar surface area (TPSA) is 67.6 Å². The predicted molar refractivity (Wildman–Crippen MR) is 94.4 cm³/mol. The van der Waals surface area contributed by atoms with E-state index in [1.807, 2.05) is 35.2 Å². The van der Waals surface area contributed by atoms with E-state index in [1.54, 1.807) is 7.11 Å². The summed E-state index contributed by atoms with van der Waals surface area (Å²) in [6.07, 6.45) is 3.80. The van der Waals surface area contributed by atoms with E-state index in [9.17, 15) is 4.79 Å². The smallest absolute Gasteiger partial charge is 0.318 e. The highest BCUT2D eigenvalue weighted by Crippen LogP contribution is 2.31. The molecule has 3 rings (SSSR count). The molecule has 1 N–H and O–H groups in total. The molecule has 0 radical (unpaired) electrons. The third kappa shape index (κ3) is 4.13. The van der Waals surface area contributed by atoms with Gasteiger partial charge in [0.15, 0.2) is 0 Å². The molecule has 134 valence electrons. The van der Waals surface area contributed by atoms with Crippen LogP contribution in [-0.4, -0.2) is 29.7 Å². The minimum Gasteiger partial charge on any atom is -0.497 e. The zero-order valence-electron chi connectivity index (χ0n) is 14.8. The molecule has 6 nitrogen and oxygen atoms in total. The second-order valence-corrected chi connectivity index (χ2v) is 6.33. The molecule has 0 spiro atoms. The Kier molecular flexibility index (Phi) is 5.58. The molecule has 1 saturated heterocycles. The molecule has 0 saturated carbocycles. The minimum absolute atomic E-state index is 0.000310. The molecule has 1 fully saturated rings. The summed E-state index contributed by atoms with van der Waals surface area (Å²) in [5.74, 6) is 1.68. The van der Waals surface area contributed by atoms with Gasteiger partial charge in [-0.15, -0.1) is 0 Å². The molecule has 25 heavy (non-hydrogen) atoms. The number of rotatable bonds is 6. The highest BCUT2D eigenvalue weighted by atomic mass is 16.5. The van der Waals surface area contributed by atoms with Gasteiger partial charge in [0.2, 0.25) is 0 Å². The molecule has 1 aromatic carbocycles. The molecule has 1 aliphatic heterocycles. The second kappa shape index (κ2) is 8.05. The van der Waals surface area contributed by atoms with Crippen molar-refractivity contribution in [3.8, 4) is 5.75 Å². The number of aromatic nitrogens is 1. The Labute approximate surface area is 148 Å². The van der Waals surface area contributed by atoms with E-state index >= 15 is 0 Å². The maximum atomic E-state index is 12.6. The van der Waals surface area contributed by atoms with Gasteiger partial charge in [-0.25, -0.2) is 4.79 Å². The summed E-state index contributed by atoms with van der Waals surface area (Å²) >= 11 is 0. The lowest BCUT2D eigenvalue weighted by molar-refractivity contribution is 0.190. The van der Waals surface area contributed by atoms with Gasteiger partial charge in [-0.05, 0) is 37.0 Å². The first-order valence-electron chi connectivity index (χ1n) is 8.84.